The topological polar surface area (TPSA) is 119 Å². The first-order chi connectivity index (χ1) is 16.0. The van der Waals surface area contributed by atoms with Crippen LogP contribution >= 0.6 is 23.1 Å². The molecule has 2 amide bonds. The highest BCUT2D eigenvalue weighted by atomic mass is 32.2. The molecule has 0 bridgehead atoms. The second kappa shape index (κ2) is 10.5. The minimum atomic E-state index is -0.495. The van der Waals surface area contributed by atoms with E-state index in [0.29, 0.717) is 32.7 Å². The first kappa shape index (κ1) is 22.7. The van der Waals surface area contributed by atoms with Gasteiger partial charge in [0.15, 0.2) is 9.92 Å². The van der Waals surface area contributed by atoms with E-state index in [4.69, 9.17) is 4.42 Å². The number of nitrogens with one attached hydrogen (secondary N) is 2. The summed E-state index contributed by atoms with van der Waals surface area (Å²) in [5.74, 6) is -0.313. The Hall–Kier alpha value is -3.44. The first-order valence-electron chi connectivity index (χ1n) is 10.2. The standard InChI is InChI=1S/C22H21N5O4S2/c1-14-5-4-6-15(13-14)23-19(29)10-12-32-21-26-25-20(33-21)24-18(28)9-11-27-16-7-2-3-8-17(16)31-22(27)30/h2-8,13H,9-12H2,1H3,(H,23,29)(H,24,25,28). The molecule has 2 heterocycles. The second-order valence-corrected chi connectivity index (χ2v) is 9.49. The van der Waals surface area contributed by atoms with Crippen LogP contribution in [0, 0.1) is 6.92 Å². The Morgan fingerprint density at radius 2 is 1.88 bits per heavy atom. The van der Waals surface area contributed by atoms with Crippen LogP contribution in [0.5, 0.6) is 0 Å². The van der Waals surface area contributed by atoms with Gasteiger partial charge in [-0.1, -0.05) is 47.4 Å². The van der Waals surface area contributed by atoms with Gasteiger partial charge in [0.05, 0.1) is 5.52 Å². The molecular formula is C22H21N5O4S2. The van der Waals surface area contributed by atoms with Crippen molar-refractivity contribution >= 4 is 56.8 Å². The highest BCUT2D eigenvalue weighted by Crippen LogP contribution is 2.26. The maximum Gasteiger partial charge on any atom is 0.419 e. The van der Waals surface area contributed by atoms with Crippen molar-refractivity contribution in [3.8, 4) is 0 Å². The smallest absolute Gasteiger partial charge is 0.408 e. The van der Waals surface area contributed by atoms with Crippen LogP contribution < -0.4 is 16.4 Å². The van der Waals surface area contributed by atoms with Gasteiger partial charge in [-0.3, -0.25) is 14.2 Å². The Labute approximate surface area is 197 Å². The van der Waals surface area contributed by atoms with Crippen molar-refractivity contribution in [2.24, 2.45) is 0 Å². The van der Waals surface area contributed by atoms with E-state index in [1.807, 2.05) is 31.2 Å². The lowest BCUT2D eigenvalue weighted by atomic mass is 10.2. The van der Waals surface area contributed by atoms with Gasteiger partial charge in [0.2, 0.25) is 16.9 Å². The number of oxazole rings is 1. The molecule has 4 rings (SSSR count). The summed E-state index contributed by atoms with van der Waals surface area (Å²) in [5.41, 5.74) is 2.99. The molecule has 0 saturated heterocycles. The molecule has 2 aromatic heterocycles. The lowest BCUT2D eigenvalue weighted by Crippen LogP contribution is -2.19. The molecule has 0 aliphatic carbocycles. The zero-order valence-electron chi connectivity index (χ0n) is 17.7. The lowest BCUT2D eigenvalue weighted by Gasteiger charge is -2.05. The van der Waals surface area contributed by atoms with Crippen LogP contribution in [0.4, 0.5) is 10.8 Å². The number of hydrogen-bond donors (Lipinski definition) is 2. The number of carbonyl (C=O) groups excluding carboxylic acids is 2. The highest BCUT2D eigenvalue weighted by molar-refractivity contribution is 8.01. The molecule has 0 fully saturated rings. The molecule has 2 aromatic carbocycles. The van der Waals surface area contributed by atoms with Crippen LogP contribution in [-0.2, 0) is 16.1 Å². The SMILES string of the molecule is Cc1cccc(NC(=O)CCSc2nnc(NC(=O)CCn3c(=O)oc4ccccc43)s2)c1. The summed E-state index contributed by atoms with van der Waals surface area (Å²) < 4.78 is 7.26. The molecule has 170 valence electrons. The number of fused-ring (bicyclic) bond motifs is 1. The van der Waals surface area contributed by atoms with Gasteiger partial charge in [-0.05, 0) is 36.8 Å². The third kappa shape index (κ3) is 6.08. The third-order valence-electron chi connectivity index (χ3n) is 4.65. The van der Waals surface area contributed by atoms with Gasteiger partial charge in [0, 0.05) is 30.8 Å². The monoisotopic (exact) mass is 483 g/mol. The molecule has 11 heteroatoms. The predicted molar refractivity (Wildman–Crippen MR) is 129 cm³/mol. The van der Waals surface area contributed by atoms with Crippen LogP contribution in [-0.4, -0.2) is 32.3 Å². The molecule has 0 saturated carbocycles. The number of para-hydroxylation sites is 2. The first-order valence-corrected chi connectivity index (χ1v) is 12.0. The molecule has 0 radical (unpaired) electrons. The number of thioether (sulfide) groups is 1. The maximum atomic E-state index is 12.3. The predicted octanol–water partition coefficient (Wildman–Crippen LogP) is 3.90. The minimum absolute atomic E-state index is 0.0758. The molecule has 33 heavy (non-hydrogen) atoms. The fraction of sp³-hybridized carbons (Fsp3) is 0.227. The van der Waals surface area contributed by atoms with Gasteiger partial charge >= 0.3 is 5.76 Å². The molecule has 2 N–H and O–H groups in total. The average molecular weight is 484 g/mol. The normalized spacial score (nSPS) is 10.9. The van der Waals surface area contributed by atoms with Crippen molar-refractivity contribution in [2.45, 2.75) is 30.6 Å². The van der Waals surface area contributed by atoms with Gasteiger partial charge in [-0.2, -0.15) is 0 Å². The number of aromatic nitrogens is 3. The summed E-state index contributed by atoms with van der Waals surface area (Å²) >= 11 is 2.64. The number of amides is 2. The van der Waals surface area contributed by atoms with Crippen LogP contribution in [0.2, 0.25) is 0 Å². The summed E-state index contributed by atoms with van der Waals surface area (Å²) in [6.45, 7) is 2.16. The van der Waals surface area contributed by atoms with Gasteiger partial charge in [0.25, 0.3) is 0 Å². The van der Waals surface area contributed by atoms with Crippen LogP contribution in [0.15, 0.2) is 62.1 Å². The number of hydrogen-bond acceptors (Lipinski definition) is 8. The number of aryl methyl sites for hydroxylation is 2. The third-order valence-corrected chi connectivity index (χ3v) is 6.62. The van der Waals surface area contributed by atoms with Crippen molar-refractivity contribution < 1.29 is 14.0 Å². The summed E-state index contributed by atoms with van der Waals surface area (Å²) in [4.78, 5) is 36.4. The van der Waals surface area contributed by atoms with E-state index < -0.39 is 5.76 Å². The van der Waals surface area contributed by atoms with Crippen LogP contribution in [0.3, 0.4) is 0 Å². The van der Waals surface area contributed by atoms with Crippen molar-refractivity contribution in [3.05, 3.63) is 64.6 Å². The van der Waals surface area contributed by atoms with Crippen molar-refractivity contribution in [1.29, 1.82) is 0 Å². The number of carbonyl (C=O) groups is 2. The highest BCUT2D eigenvalue weighted by Gasteiger charge is 2.13. The minimum Gasteiger partial charge on any atom is -0.408 e. The Bertz CT molecular complexity index is 1340. The zero-order chi connectivity index (χ0) is 23.2. The van der Waals surface area contributed by atoms with Gasteiger partial charge in [0.1, 0.15) is 0 Å². The largest absolute Gasteiger partial charge is 0.419 e. The lowest BCUT2D eigenvalue weighted by molar-refractivity contribution is -0.117. The van der Waals surface area contributed by atoms with E-state index >= 15 is 0 Å². The van der Waals surface area contributed by atoms with Gasteiger partial charge in [-0.15, -0.1) is 10.2 Å². The summed E-state index contributed by atoms with van der Waals surface area (Å²) in [7, 11) is 0. The van der Waals surface area contributed by atoms with Crippen molar-refractivity contribution in [2.75, 3.05) is 16.4 Å². The Kier molecular flexibility index (Phi) is 7.20. The molecule has 0 unspecified atom stereocenters. The van der Waals surface area contributed by atoms with E-state index in [0.717, 1.165) is 11.3 Å². The molecule has 0 aliphatic heterocycles. The molecule has 0 atom stereocenters. The quantitative estimate of drug-likeness (QED) is 0.274. The zero-order valence-corrected chi connectivity index (χ0v) is 19.4. The fourth-order valence-electron chi connectivity index (χ4n) is 3.12. The van der Waals surface area contributed by atoms with Crippen molar-refractivity contribution in [3.63, 3.8) is 0 Å². The number of nitrogens with zero attached hydrogens (tertiary/aromatic N) is 3. The van der Waals surface area contributed by atoms with E-state index in [2.05, 4.69) is 20.8 Å². The average Bonchev–Trinajstić information content (AvgIpc) is 3.35. The van der Waals surface area contributed by atoms with E-state index in [9.17, 15) is 14.4 Å². The Morgan fingerprint density at radius 1 is 1.06 bits per heavy atom. The van der Waals surface area contributed by atoms with E-state index in [1.165, 1.54) is 27.7 Å². The summed E-state index contributed by atoms with van der Waals surface area (Å²) in [6, 6.07) is 14.7. The van der Waals surface area contributed by atoms with Crippen LogP contribution in [0.25, 0.3) is 11.1 Å². The summed E-state index contributed by atoms with van der Waals surface area (Å²) in [6.07, 6.45) is 0.415. The molecular weight excluding hydrogens is 462 g/mol. The van der Waals surface area contributed by atoms with Crippen LogP contribution in [0.1, 0.15) is 18.4 Å². The number of anilines is 2. The molecule has 0 spiro atoms. The fourth-order valence-corrected chi connectivity index (χ4v) is 4.89. The maximum absolute atomic E-state index is 12.3. The Morgan fingerprint density at radius 3 is 2.73 bits per heavy atom. The summed E-state index contributed by atoms with van der Waals surface area (Å²) in [5, 5.41) is 13.9. The molecule has 4 aromatic rings. The molecule has 9 nitrogen and oxygen atoms in total. The number of rotatable bonds is 9. The number of benzene rings is 2. The van der Waals surface area contributed by atoms with Crippen molar-refractivity contribution in [1.82, 2.24) is 14.8 Å². The van der Waals surface area contributed by atoms with E-state index in [-0.39, 0.29) is 24.8 Å². The second-order valence-electron chi connectivity index (χ2n) is 7.17. The van der Waals surface area contributed by atoms with Gasteiger partial charge in [-0.25, -0.2) is 4.79 Å². The Balaban J connectivity index is 1.22. The molecule has 0 aliphatic rings. The van der Waals surface area contributed by atoms with Gasteiger partial charge < -0.3 is 15.1 Å². The van der Waals surface area contributed by atoms with E-state index in [1.54, 1.807) is 24.3 Å².